The Morgan fingerprint density at radius 2 is 0.582 bits per heavy atom. The van der Waals surface area contributed by atoms with E-state index in [1.54, 1.807) is 62.3 Å². The van der Waals surface area contributed by atoms with Crippen molar-refractivity contribution in [2.45, 2.75) is 317 Å². The highest BCUT2D eigenvalue weighted by Crippen LogP contribution is 2.28. The van der Waals surface area contributed by atoms with Gasteiger partial charge in [0.05, 0.1) is 58.8 Å². The van der Waals surface area contributed by atoms with Crippen LogP contribution in [0.1, 0.15) is 239 Å². The molecule has 25 N–H and O–H groups in total. The Bertz CT molecular complexity index is 3960. The number of azo groups is 7. The van der Waals surface area contributed by atoms with Crippen molar-refractivity contribution >= 4 is 93.8 Å². The SMILES string of the molecule is C=C.CC(C)(N=NC(C)(C)C(=N)N)C(=N)N.CC(C)(N=NC(C)(C)C(=N)N1CCCC1)C(=N)N1CCCC1.CC(C)(N=NC(C)(C)C(=O)NCCO)C(=O)NO.CC(C)(N=NC(C)(C)C(N)=NCCC(=O)O)C(=N)N.CC(C)(N=NC(C)(C)C1=NCCN1)C1=NCCN1.CC(C)(N=NC(C)(C)C1=NCCN1)C1=NCCN1.CC(C)(N=NC(C)(C)C1=NCCN1)C1=NCCN1.CCC(=O)O. The fraction of sp³-hybridized carbons (Fsp3) is 0.791. The monoisotopic (exact) mass is 1890 g/mol. The number of amides is 2. The highest BCUT2D eigenvalue weighted by Gasteiger charge is 2.39. The third-order valence-corrected chi connectivity index (χ3v) is 20.5. The van der Waals surface area contributed by atoms with Crippen LogP contribution in [0.15, 0.2) is 120 Å². The number of hydrogen-bond donors (Lipinski definition) is 21. The Hall–Kier alpha value is -11.6. The largest absolute Gasteiger partial charge is 0.481 e. The number of carbonyl (C=O) groups is 4. The molecule has 0 atom stereocenters. The maximum Gasteiger partial charge on any atom is 0.305 e. The number of hydroxylamine groups is 1. The van der Waals surface area contributed by atoms with Crippen LogP contribution < -0.4 is 65.6 Å². The molecule has 2 saturated heterocycles. The first-order chi connectivity index (χ1) is 61.5. The van der Waals surface area contributed by atoms with Gasteiger partial charge in [0, 0.05) is 78.4 Å². The van der Waals surface area contributed by atoms with Gasteiger partial charge >= 0.3 is 11.9 Å². The first kappa shape index (κ1) is 122. The molecular weight excluding hydrogens is 1720 g/mol. The van der Waals surface area contributed by atoms with E-state index in [0.717, 1.165) is 165 Å². The number of nitrogens with one attached hydrogen (secondary N) is 13. The van der Waals surface area contributed by atoms with E-state index in [9.17, 15) is 19.2 Å². The summed E-state index contributed by atoms with van der Waals surface area (Å²) in [5, 5.41) is 153. The fourth-order valence-electron chi connectivity index (χ4n) is 10.9. The first-order valence-electron chi connectivity index (χ1n) is 45.1. The van der Waals surface area contributed by atoms with Crippen molar-refractivity contribution in [1.82, 2.24) is 52.5 Å². The maximum atomic E-state index is 11.7. The summed E-state index contributed by atoms with van der Waals surface area (Å²) in [4.78, 5) is 77.3. The summed E-state index contributed by atoms with van der Waals surface area (Å²) >= 11 is 0. The van der Waals surface area contributed by atoms with Crippen molar-refractivity contribution in [3.05, 3.63) is 13.2 Å². The number of rotatable bonds is 34. The Kier molecular flexibility index (Phi) is 49.4. The molecule has 758 valence electrons. The number of hydrogen-bond acceptors (Lipinski definition) is 38. The zero-order valence-electron chi connectivity index (χ0n) is 85.6. The van der Waals surface area contributed by atoms with Gasteiger partial charge in [-0.3, -0.25) is 86.4 Å². The number of likely N-dealkylation sites (tertiary alicyclic amines) is 2. The summed E-state index contributed by atoms with van der Waals surface area (Å²) in [6, 6.07) is 0. The van der Waals surface area contributed by atoms with Gasteiger partial charge < -0.3 is 85.3 Å². The Morgan fingerprint density at radius 1 is 0.366 bits per heavy atom. The fourth-order valence-corrected chi connectivity index (χ4v) is 10.9. The topological polar surface area (TPSA) is 735 Å². The smallest absolute Gasteiger partial charge is 0.305 e. The van der Waals surface area contributed by atoms with Gasteiger partial charge in [-0.1, -0.05) is 6.92 Å². The predicted octanol–water partition coefficient (Wildman–Crippen LogP) is 8.66. The number of aliphatic imine (C=N–C) groups is 7. The lowest BCUT2D eigenvalue weighted by molar-refractivity contribution is -0.137. The standard InChI is InChI=1S/C16H30N6.3C12H22N6.C11H22N6O2.C10H20N4O4.C8H18N6.C3H6O2.C2H4/c1-15(2,13(17)21-9-5-6-10-21)19-20-16(3,4)14(18)22-11-7-8-12-22;3*1-11(2,9-13-5-6-14-9)17-18-12(3,4)10-15-7-8-16-10;1-10(2,8(12)13)16-17-11(3,4)9(14)15-6-5-7(18)19;1-9(2,7(16)11-5-6-15)13-14-10(3,4)8(17)12-18;1-7(2,5(9)10)13-14-8(3,4)6(11)12;1-2-3(4)5;1-2/h17-18H,5-12H2,1-4H3;3*5-8H2,1-4H3,(H,13,14)(H,15,16);5-6H2,1-4H3,(H3,12,13)(H2,14,15)(H,18,19);15,18H,5-6H2,1-4H3,(H,11,16)(H,12,17);1-4H3,(H3,9,10)(H3,11,12);2H2,1H3,(H,4,5);1-2H2. The van der Waals surface area contributed by atoms with Crippen LogP contribution in [0.5, 0.6) is 0 Å². The second-order valence-corrected chi connectivity index (χ2v) is 39.1. The number of nitrogens with two attached hydrogens (primary N) is 4. The molecule has 0 unspecified atom stereocenters. The zero-order chi connectivity index (χ0) is 104. The second-order valence-electron chi connectivity index (χ2n) is 39.1. The molecule has 0 spiro atoms. The summed E-state index contributed by atoms with van der Waals surface area (Å²) < 4.78 is 0. The molecule has 8 aliphatic heterocycles. The number of carbonyl (C=O) groups excluding carboxylic acids is 2. The van der Waals surface area contributed by atoms with Crippen LogP contribution in [0.2, 0.25) is 0 Å². The third kappa shape index (κ3) is 43.2. The average Bonchev–Trinajstić information content (AvgIpc) is 1.29. The van der Waals surface area contributed by atoms with Gasteiger partial charge in [-0.15, -0.1) is 13.2 Å². The number of carboxylic acid groups (broad SMARTS) is 2. The number of aliphatic carboxylic acids is 2. The number of aliphatic hydroxyl groups is 1. The minimum atomic E-state index is -1.27. The highest BCUT2D eigenvalue weighted by molar-refractivity contribution is 5.97. The van der Waals surface area contributed by atoms with Gasteiger partial charge in [-0.25, -0.2) is 5.48 Å². The van der Waals surface area contributed by atoms with Crippen molar-refractivity contribution in [2.24, 2.45) is 129 Å². The molecule has 0 aromatic rings. The van der Waals surface area contributed by atoms with Crippen LogP contribution in [0, 0.1) is 27.0 Å². The van der Waals surface area contributed by atoms with E-state index in [-0.39, 0.29) is 55.9 Å². The molecule has 0 radical (unpaired) electrons. The molecule has 0 aromatic heterocycles. The molecule has 48 nitrogen and oxygen atoms in total. The van der Waals surface area contributed by atoms with E-state index in [2.05, 4.69) is 167 Å². The van der Waals surface area contributed by atoms with Crippen LogP contribution in [-0.2, 0) is 19.2 Å². The molecule has 48 heteroatoms. The van der Waals surface area contributed by atoms with E-state index >= 15 is 0 Å². The van der Waals surface area contributed by atoms with Crippen molar-refractivity contribution < 1.29 is 39.7 Å². The Morgan fingerprint density at radius 3 is 0.776 bits per heavy atom. The Labute approximate surface area is 793 Å². The third-order valence-electron chi connectivity index (χ3n) is 20.5. The van der Waals surface area contributed by atoms with Gasteiger partial charge in [0.25, 0.3) is 5.91 Å². The van der Waals surface area contributed by atoms with Crippen LogP contribution in [0.25, 0.3) is 0 Å². The Balaban J connectivity index is 0.00000153. The quantitative estimate of drug-likeness (QED) is 0.00715. The lowest BCUT2D eigenvalue weighted by Crippen LogP contribution is -2.44. The van der Waals surface area contributed by atoms with E-state index in [4.69, 9.17) is 70.5 Å². The molecule has 134 heavy (non-hydrogen) atoms. The van der Waals surface area contributed by atoms with Gasteiger partial charge in [0.1, 0.15) is 136 Å². The predicted molar refractivity (Wildman–Crippen MR) is 534 cm³/mol. The highest BCUT2D eigenvalue weighted by atomic mass is 16.5. The molecule has 8 aliphatic rings. The van der Waals surface area contributed by atoms with E-state index < -0.39 is 101 Å². The van der Waals surface area contributed by atoms with Crippen molar-refractivity contribution in [1.29, 1.82) is 27.0 Å². The van der Waals surface area contributed by atoms with E-state index in [1.165, 1.54) is 33.2 Å². The van der Waals surface area contributed by atoms with Crippen molar-refractivity contribution in [3.63, 3.8) is 0 Å². The maximum absolute atomic E-state index is 11.7. The minimum Gasteiger partial charge on any atom is -0.481 e. The van der Waals surface area contributed by atoms with E-state index in [1.807, 2.05) is 111 Å². The normalized spacial score (nSPS) is 17.0. The van der Waals surface area contributed by atoms with Gasteiger partial charge in [0.2, 0.25) is 5.91 Å². The zero-order valence-corrected chi connectivity index (χ0v) is 85.6. The number of amidine groups is 12. The van der Waals surface area contributed by atoms with Gasteiger partial charge in [-0.2, -0.15) is 71.6 Å². The summed E-state index contributed by atoms with van der Waals surface area (Å²) in [5.41, 5.74) is 13.7. The summed E-state index contributed by atoms with van der Waals surface area (Å²) in [7, 11) is 0. The van der Waals surface area contributed by atoms with Gasteiger partial charge in [-0.05, 0) is 220 Å². The minimum absolute atomic E-state index is 0.0689. The summed E-state index contributed by atoms with van der Waals surface area (Å²) in [5.74, 6) is 3.73. The molecule has 0 aromatic carbocycles. The molecular formula is C86H166N40O8. The van der Waals surface area contributed by atoms with Gasteiger partial charge in [0.15, 0.2) is 11.1 Å². The summed E-state index contributed by atoms with van der Waals surface area (Å²) in [6.07, 6.45) is 4.75. The van der Waals surface area contributed by atoms with E-state index in [0.29, 0.717) is 11.7 Å². The number of nitrogens with zero attached hydrogens (tertiary/aromatic N) is 23. The first-order valence-corrected chi connectivity index (χ1v) is 45.1. The average molecular weight is 1890 g/mol. The molecule has 0 saturated carbocycles. The lowest BCUT2D eigenvalue weighted by Gasteiger charge is -2.31. The van der Waals surface area contributed by atoms with Crippen molar-refractivity contribution in [2.75, 3.05) is 124 Å². The van der Waals surface area contributed by atoms with Crippen LogP contribution in [-0.4, -0.2) is 326 Å². The molecule has 0 bridgehead atoms. The second kappa shape index (κ2) is 54.1. The molecule has 2 amide bonds. The van der Waals surface area contributed by atoms with Crippen molar-refractivity contribution in [3.8, 4) is 0 Å². The molecule has 8 heterocycles. The van der Waals surface area contributed by atoms with Crippen LogP contribution in [0.3, 0.4) is 0 Å². The molecule has 8 rings (SSSR count). The lowest BCUT2D eigenvalue weighted by atomic mass is 10.0. The van der Waals surface area contributed by atoms with Crippen LogP contribution in [0.4, 0.5) is 0 Å². The molecule has 2 fully saturated rings. The summed E-state index contributed by atoms with van der Waals surface area (Å²) in [6.45, 7) is 73.1. The molecule has 0 aliphatic carbocycles. The number of carboxylic acids is 2. The number of aliphatic hydroxyl groups excluding tert-OH is 1. The van der Waals surface area contributed by atoms with Crippen LogP contribution >= 0.6 is 0 Å².